The summed E-state index contributed by atoms with van der Waals surface area (Å²) in [4.78, 5) is 71.1. The molecule has 11 N–H and O–H groups in total. The van der Waals surface area contributed by atoms with E-state index in [2.05, 4.69) is 16.0 Å². The molecule has 0 aliphatic heterocycles. The molecule has 6 unspecified atom stereocenters. The fraction of sp³-hybridized carbons (Fsp3) is 0.700. The van der Waals surface area contributed by atoms with Crippen LogP contribution in [0.1, 0.15) is 52.9 Å². The van der Waals surface area contributed by atoms with Crippen LogP contribution in [0.25, 0.3) is 0 Å². The highest BCUT2D eigenvalue weighted by Crippen LogP contribution is 2.10. The number of carbonyl (C=O) groups is 6. The number of carboxylic acids is 1. The van der Waals surface area contributed by atoms with Crippen LogP contribution in [0.2, 0.25) is 0 Å². The maximum absolute atomic E-state index is 12.9. The first kappa shape index (κ1) is 30.7. The molecule has 0 rings (SSSR count). The molecule has 0 aliphatic rings. The third-order valence-electron chi connectivity index (χ3n) is 5.19. The lowest BCUT2D eigenvalue weighted by atomic mass is 9.96. The second-order valence-electron chi connectivity index (χ2n) is 8.11. The average molecular weight is 489 g/mol. The summed E-state index contributed by atoms with van der Waals surface area (Å²) >= 11 is 0. The maximum Gasteiger partial charge on any atom is 0.326 e. The third-order valence-corrected chi connectivity index (χ3v) is 5.19. The quantitative estimate of drug-likeness (QED) is 0.109. The van der Waals surface area contributed by atoms with Crippen LogP contribution in [-0.4, -0.2) is 76.0 Å². The van der Waals surface area contributed by atoms with Crippen molar-refractivity contribution in [3.05, 3.63) is 0 Å². The van der Waals surface area contributed by atoms with E-state index >= 15 is 0 Å². The van der Waals surface area contributed by atoms with Gasteiger partial charge in [0.05, 0.1) is 12.1 Å². The normalized spacial score (nSPS) is 16.1. The Morgan fingerprint density at radius 1 is 0.794 bits per heavy atom. The van der Waals surface area contributed by atoms with Crippen molar-refractivity contribution < 1.29 is 39.0 Å². The van der Waals surface area contributed by atoms with Gasteiger partial charge in [-0.25, -0.2) is 4.79 Å². The molecule has 0 aliphatic carbocycles. The van der Waals surface area contributed by atoms with Crippen molar-refractivity contribution in [2.45, 2.75) is 83.1 Å². The van der Waals surface area contributed by atoms with Crippen molar-refractivity contribution in [2.24, 2.45) is 23.1 Å². The number of amides is 5. The zero-order valence-electron chi connectivity index (χ0n) is 19.6. The van der Waals surface area contributed by atoms with Crippen molar-refractivity contribution in [2.75, 3.05) is 0 Å². The fourth-order valence-corrected chi connectivity index (χ4v) is 2.84. The second kappa shape index (κ2) is 14.8. The van der Waals surface area contributed by atoms with E-state index in [9.17, 15) is 39.0 Å². The van der Waals surface area contributed by atoms with E-state index in [1.54, 1.807) is 13.8 Å². The molecule has 14 heteroatoms. The van der Waals surface area contributed by atoms with Crippen LogP contribution < -0.4 is 33.2 Å². The highest BCUT2D eigenvalue weighted by atomic mass is 16.4. The van der Waals surface area contributed by atoms with Gasteiger partial charge in [-0.05, 0) is 25.7 Å². The number of aliphatic hydroxyl groups excluding tert-OH is 1. The molecule has 5 amide bonds. The monoisotopic (exact) mass is 488 g/mol. The highest BCUT2D eigenvalue weighted by Gasteiger charge is 2.34. The standard InChI is InChI=1S/C20H36N6O8/c1-4-9(2)15(25-17(30)11(21)5-7-13(22)28)18(31)26-16(10(3)27)19(32)24-12(20(33)34)6-8-14(23)29/h9-12,15-16,27H,4-8,21H2,1-3H3,(H2,22,28)(H2,23,29)(H,24,32)(H,25,30)(H,26,31)(H,33,34). The van der Waals surface area contributed by atoms with Gasteiger partial charge in [-0.1, -0.05) is 20.3 Å². The molecule has 0 radical (unpaired) electrons. The number of aliphatic hydroxyl groups is 1. The number of nitrogens with two attached hydrogens (primary N) is 3. The summed E-state index contributed by atoms with van der Waals surface area (Å²) in [6.45, 7) is 4.64. The van der Waals surface area contributed by atoms with Crippen molar-refractivity contribution >= 4 is 35.5 Å². The minimum Gasteiger partial charge on any atom is -0.480 e. The molecule has 0 bridgehead atoms. The smallest absolute Gasteiger partial charge is 0.326 e. The molecule has 34 heavy (non-hydrogen) atoms. The van der Waals surface area contributed by atoms with Gasteiger partial charge in [-0.2, -0.15) is 0 Å². The topological polar surface area (TPSA) is 257 Å². The van der Waals surface area contributed by atoms with Gasteiger partial charge in [0.1, 0.15) is 18.1 Å². The zero-order chi connectivity index (χ0) is 26.6. The molecular formula is C20H36N6O8. The van der Waals surface area contributed by atoms with Crippen LogP contribution in [0.5, 0.6) is 0 Å². The molecule has 0 saturated carbocycles. The molecule has 0 fully saturated rings. The Kier molecular flexibility index (Phi) is 13.4. The van der Waals surface area contributed by atoms with Crippen LogP contribution in [0.15, 0.2) is 0 Å². The van der Waals surface area contributed by atoms with Gasteiger partial charge in [0.25, 0.3) is 0 Å². The van der Waals surface area contributed by atoms with Gasteiger partial charge in [0, 0.05) is 12.8 Å². The summed E-state index contributed by atoms with van der Waals surface area (Å²) in [5, 5.41) is 26.2. The molecule has 0 saturated heterocycles. The largest absolute Gasteiger partial charge is 0.480 e. The van der Waals surface area contributed by atoms with Crippen molar-refractivity contribution in [1.82, 2.24) is 16.0 Å². The summed E-state index contributed by atoms with van der Waals surface area (Å²) in [5.74, 6) is -5.77. The Balaban J connectivity index is 5.45. The number of aliphatic carboxylic acids is 1. The van der Waals surface area contributed by atoms with E-state index in [1.807, 2.05) is 0 Å². The first-order chi connectivity index (χ1) is 15.7. The van der Waals surface area contributed by atoms with Crippen LogP contribution in [0, 0.1) is 5.92 Å². The number of rotatable bonds is 16. The van der Waals surface area contributed by atoms with Crippen LogP contribution in [-0.2, 0) is 28.8 Å². The summed E-state index contributed by atoms with van der Waals surface area (Å²) in [6, 6.07) is -5.29. The van der Waals surface area contributed by atoms with E-state index < -0.39 is 71.7 Å². The van der Waals surface area contributed by atoms with Crippen molar-refractivity contribution in [3.8, 4) is 0 Å². The minimum absolute atomic E-state index is 0.0312. The molecule has 0 aromatic rings. The Labute approximate surface area is 197 Å². The van der Waals surface area contributed by atoms with Gasteiger partial charge in [0.2, 0.25) is 29.5 Å². The maximum atomic E-state index is 12.9. The van der Waals surface area contributed by atoms with E-state index in [0.717, 1.165) is 0 Å². The Morgan fingerprint density at radius 3 is 1.71 bits per heavy atom. The Morgan fingerprint density at radius 2 is 1.26 bits per heavy atom. The van der Waals surface area contributed by atoms with Gasteiger partial charge < -0.3 is 43.4 Å². The number of carboxylic acid groups (broad SMARTS) is 1. The first-order valence-corrected chi connectivity index (χ1v) is 10.8. The zero-order valence-corrected chi connectivity index (χ0v) is 19.6. The predicted octanol–water partition coefficient (Wildman–Crippen LogP) is -3.19. The number of hydrogen-bond acceptors (Lipinski definition) is 8. The summed E-state index contributed by atoms with van der Waals surface area (Å²) in [6.07, 6.45) is -1.72. The molecule has 6 atom stereocenters. The summed E-state index contributed by atoms with van der Waals surface area (Å²) < 4.78 is 0. The molecule has 14 nitrogen and oxygen atoms in total. The number of primary amides is 2. The number of nitrogens with one attached hydrogen (secondary N) is 3. The highest BCUT2D eigenvalue weighted by molar-refractivity contribution is 5.94. The lowest BCUT2D eigenvalue weighted by molar-refractivity contribution is -0.143. The van der Waals surface area contributed by atoms with E-state index in [-0.39, 0.29) is 25.7 Å². The lowest BCUT2D eigenvalue weighted by Gasteiger charge is -2.28. The second-order valence-corrected chi connectivity index (χ2v) is 8.11. The van der Waals surface area contributed by atoms with Crippen LogP contribution in [0.3, 0.4) is 0 Å². The fourth-order valence-electron chi connectivity index (χ4n) is 2.84. The number of hydrogen-bond donors (Lipinski definition) is 8. The molecule has 0 spiro atoms. The Hall–Kier alpha value is -3.26. The minimum atomic E-state index is -1.56. The third kappa shape index (κ3) is 11.0. The summed E-state index contributed by atoms with van der Waals surface area (Å²) in [5.41, 5.74) is 15.8. The van der Waals surface area contributed by atoms with Gasteiger partial charge >= 0.3 is 5.97 Å². The predicted molar refractivity (Wildman–Crippen MR) is 119 cm³/mol. The average Bonchev–Trinajstić information content (AvgIpc) is 2.74. The van der Waals surface area contributed by atoms with E-state index in [0.29, 0.717) is 6.42 Å². The molecule has 0 aromatic heterocycles. The van der Waals surface area contributed by atoms with Crippen molar-refractivity contribution in [1.29, 1.82) is 0 Å². The van der Waals surface area contributed by atoms with Gasteiger partial charge in [-0.3, -0.25) is 24.0 Å². The summed E-state index contributed by atoms with van der Waals surface area (Å²) in [7, 11) is 0. The van der Waals surface area contributed by atoms with Gasteiger partial charge in [0.15, 0.2) is 0 Å². The SMILES string of the molecule is CCC(C)C(NC(=O)C(N)CCC(N)=O)C(=O)NC(C(=O)NC(CCC(N)=O)C(=O)O)C(C)O. The molecular weight excluding hydrogens is 452 g/mol. The molecule has 194 valence electrons. The van der Waals surface area contributed by atoms with Crippen molar-refractivity contribution in [3.63, 3.8) is 0 Å². The van der Waals surface area contributed by atoms with Gasteiger partial charge in [-0.15, -0.1) is 0 Å². The van der Waals surface area contributed by atoms with E-state index in [4.69, 9.17) is 17.2 Å². The first-order valence-electron chi connectivity index (χ1n) is 10.8. The van der Waals surface area contributed by atoms with Crippen LogP contribution >= 0.6 is 0 Å². The number of carbonyl (C=O) groups excluding carboxylic acids is 5. The molecule has 0 aromatic carbocycles. The Bertz CT molecular complexity index is 759. The lowest BCUT2D eigenvalue weighted by Crippen LogP contribution is -2.61. The van der Waals surface area contributed by atoms with E-state index in [1.165, 1.54) is 6.92 Å². The van der Waals surface area contributed by atoms with Crippen LogP contribution in [0.4, 0.5) is 0 Å². The molecule has 0 heterocycles.